The third-order valence-corrected chi connectivity index (χ3v) is 15.0. The lowest BCUT2D eigenvalue weighted by molar-refractivity contribution is -0.119. The van der Waals surface area contributed by atoms with Crippen molar-refractivity contribution >= 4 is 30.1 Å². The minimum absolute atomic E-state index is 0.0142. The summed E-state index contributed by atoms with van der Waals surface area (Å²) in [6.45, 7) is 1.45. The maximum absolute atomic E-state index is 14.3. The van der Waals surface area contributed by atoms with Crippen molar-refractivity contribution in [3.8, 4) is 11.5 Å². The minimum atomic E-state index is -4.17. The molecular weight excluding hydrogens is 866 g/mol. The molecule has 3 aliphatic rings. The number of nitrogens with zero attached hydrogens (tertiary/aromatic N) is 2. The number of benzene rings is 4. The predicted octanol–water partition coefficient (Wildman–Crippen LogP) is 5.98. The zero-order valence-electron chi connectivity index (χ0n) is 35.7. The van der Waals surface area contributed by atoms with Crippen LogP contribution < -0.4 is 14.8 Å². The van der Waals surface area contributed by atoms with Gasteiger partial charge in [0.1, 0.15) is 17.6 Å². The molecule has 5 atom stereocenters. The molecule has 0 radical (unpaired) electrons. The fourth-order valence-electron chi connectivity index (χ4n) is 7.92. The molecule has 0 bridgehead atoms. The first-order chi connectivity index (χ1) is 31.0. The van der Waals surface area contributed by atoms with Crippen molar-refractivity contribution in [3.05, 3.63) is 126 Å². The SMILES string of the molecule is COc1ccc(S(=O)(=O)N(CC2CCN(C=O)CC2)C[C@@H](O)[C@H](Cc2ccc(OCP(=O)(OCc3ccccc3)OCc3ccccc3)cc2)NC(=O)O[C@H]2CO[C@H]3OCC[C@H]32)cc1. The number of carbonyl (C=O) groups is 2. The summed E-state index contributed by atoms with van der Waals surface area (Å²) in [4.78, 5) is 26.7. The van der Waals surface area contributed by atoms with Gasteiger partial charge in [0, 0.05) is 26.2 Å². The number of aliphatic hydroxyl groups excluding tert-OH is 1. The average molecular weight is 922 g/mol. The van der Waals surface area contributed by atoms with E-state index < -0.39 is 48.3 Å². The number of methoxy groups -OCH3 is 1. The Morgan fingerprint density at radius 3 is 2.11 bits per heavy atom. The third kappa shape index (κ3) is 12.9. The van der Waals surface area contributed by atoms with E-state index in [-0.39, 0.29) is 62.4 Å². The highest BCUT2D eigenvalue weighted by Crippen LogP contribution is 2.50. The molecule has 0 unspecified atom stereocenters. The first-order valence-electron chi connectivity index (χ1n) is 21.4. The van der Waals surface area contributed by atoms with Gasteiger partial charge < -0.3 is 48.1 Å². The second-order valence-corrected chi connectivity index (χ2v) is 20.1. The van der Waals surface area contributed by atoms with Crippen LogP contribution in [0.2, 0.25) is 0 Å². The van der Waals surface area contributed by atoms with Crippen molar-refractivity contribution < 1.29 is 60.4 Å². The number of aliphatic hydroxyl groups is 1. The highest BCUT2D eigenvalue weighted by molar-refractivity contribution is 7.89. The molecular formula is C46H56N3O13PS. The monoisotopic (exact) mass is 921 g/mol. The summed E-state index contributed by atoms with van der Waals surface area (Å²) in [6, 6.07) is 30.4. The topological polar surface area (TPSA) is 189 Å². The summed E-state index contributed by atoms with van der Waals surface area (Å²) >= 11 is 0. The largest absolute Gasteiger partial charge is 0.497 e. The van der Waals surface area contributed by atoms with E-state index in [1.165, 1.54) is 23.5 Å². The van der Waals surface area contributed by atoms with Gasteiger partial charge in [-0.1, -0.05) is 72.8 Å². The van der Waals surface area contributed by atoms with Crippen LogP contribution in [0, 0.1) is 11.8 Å². The van der Waals surface area contributed by atoms with E-state index in [2.05, 4.69) is 5.32 Å². The number of carbonyl (C=O) groups excluding carboxylic acids is 2. The molecule has 0 spiro atoms. The van der Waals surface area contributed by atoms with Gasteiger partial charge in [-0.15, -0.1) is 0 Å². The average Bonchev–Trinajstić information content (AvgIpc) is 3.96. The Bertz CT molecular complexity index is 2200. The summed E-state index contributed by atoms with van der Waals surface area (Å²) in [6.07, 6.45) is -0.902. The number of hydrogen-bond acceptors (Lipinski definition) is 13. The van der Waals surface area contributed by atoms with E-state index in [1.807, 2.05) is 60.7 Å². The van der Waals surface area contributed by atoms with Crippen LogP contribution in [0.4, 0.5) is 4.79 Å². The number of amides is 2. The van der Waals surface area contributed by atoms with Gasteiger partial charge in [0.05, 0.1) is 56.5 Å². The zero-order chi connectivity index (χ0) is 44.9. The van der Waals surface area contributed by atoms with Gasteiger partial charge in [0.2, 0.25) is 16.4 Å². The maximum atomic E-state index is 14.3. The highest BCUT2D eigenvalue weighted by atomic mass is 32.2. The number of piperidine rings is 1. The summed E-state index contributed by atoms with van der Waals surface area (Å²) in [5.74, 6) is 0.634. The lowest BCUT2D eigenvalue weighted by Crippen LogP contribution is -2.52. The number of nitrogens with one attached hydrogen (secondary N) is 1. The smallest absolute Gasteiger partial charge is 0.407 e. The number of rotatable bonds is 22. The molecule has 0 aromatic heterocycles. The molecule has 3 fully saturated rings. The number of hydrogen-bond donors (Lipinski definition) is 2. The van der Waals surface area contributed by atoms with Crippen LogP contribution in [0.5, 0.6) is 11.5 Å². The van der Waals surface area contributed by atoms with Crippen LogP contribution in [-0.2, 0) is 62.3 Å². The van der Waals surface area contributed by atoms with Gasteiger partial charge in [-0.2, -0.15) is 4.31 Å². The maximum Gasteiger partial charge on any atom is 0.407 e. The Labute approximate surface area is 374 Å². The Hall–Kier alpha value is -4.84. The van der Waals surface area contributed by atoms with Crippen molar-refractivity contribution in [1.29, 1.82) is 0 Å². The van der Waals surface area contributed by atoms with Crippen molar-refractivity contribution in [2.75, 3.05) is 52.9 Å². The van der Waals surface area contributed by atoms with Crippen LogP contribution in [0.1, 0.15) is 36.0 Å². The molecule has 16 nitrogen and oxygen atoms in total. The summed E-state index contributed by atoms with van der Waals surface area (Å²) < 4.78 is 83.9. The van der Waals surface area contributed by atoms with Crippen molar-refractivity contribution in [3.63, 3.8) is 0 Å². The van der Waals surface area contributed by atoms with Crippen LogP contribution in [-0.4, -0.2) is 113 Å². The summed E-state index contributed by atoms with van der Waals surface area (Å²) in [5, 5.41) is 14.8. The fourth-order valence-corrected chi connectivity index (χ4v) is 10.7. The van der Waals surface area contributed by atoms with Crippen LogP contribution in [0.15, 0.2) is 114 Å². The predicted molar refractivity (Wildman–Crippen MR) is 235 cm³/mol. The van der Waals surface area contributed by atoms with Gasteiger partial charge in [0.25, 0.3) is 0 Å². The molecule has 7 rings (SSSR count). The Kier molecular flexibility index (Phi) is 16.5. The van der Waals surface area contributed by atoms with Gasteiger partial charge in [-0.25, -0.2) is 13.2 Å². The Morgan fingerprint density at radius 2 is 1.50 bits per heavy atom. The van der Waals surface area contributed by atoms with Gasteiger partial charge >= 0.3 is 13.7 Å². The van der Waals surface area contributed by atoms with Crippen molar-refractivity contribution in [2.24, 2.45) is 11.8 Å². The molecule has 2 amide bonds. The summed E-state index contributed by atoms with van der Waals surface area (Å²) in [7, 11) is -6.46. The number of ether oxygens (including phenoxy) is 5. The lowest BCUT2D eigenvalue weighted by atomic mass is 9.96. The first-order valence-corrected chi connectivity index (χ1v) is 24.6. The van der Waals surface area contributed by atoms with Gasteiger partial charge in [-0.3, -0.25) is 9.36 Å². The molecule has 0 aliphatic carbocycles. The van der Waals surface area contributed by atoms with E-state index in [1.54, 1.807) is 41.3 Å². The second kappa shape index (κ2) is 22.4. The van der Waals surface area contributed by atoms with Crippen LogP contribution >= 0.6 is 7.60 Å². The lowest BCUT2D eigenvalue weighted by Gasteiger charge is -2.35. The van der Waals surface area contributed by atoms with Crippen molar-refractivity contribution in [1.82, 2.24) is 14.5 Å². The van der Waals surface area contributed by atoms with Gasteiger partial charge in [0.15, 0.2) is 12.6 Å². The molecule has 3 saturated heterocycles. The molecule has 18 heteroatoms. The molecule has 3 heterocycles. The van der Waals surface area contributed by atoms with Crippen molar-refractivity contribution in [2.45, 2.75) is 68.3 Å². The van der Waals surface area contributed by atoms with Crippen LogP contribution in [0.3, 0.4) is 0 Å². The number of fused-ring (bicyclic) bond motifs is 1. The molecule has 344 valence electrons. The Balaban J connectivity index is 1.07. The quantitative estimate of drug-likeness (QED) is 0.0693. The number of sulfonamides is 1. The molecule has 4 aromatic rings. The standard InChI is InChI=1S/C46H56N3O13PS/c1-56-38-16-18-40(19-17-38)64(54,55)49(27-35-20-23-48(32-50)24-21-35)28-43(51)42(47-46(52)62-44-31-58-45-41(44)22-25-57-45)26-34-12-14-39(15-13-34)59-33-63(53,60-29-36-8-4-2-5-9-36)61-30-37-10-6-3-7-11-37/h2-19,32,35,41-45,51H,20-31,33H2,1H3,(H,47,52)/t41-,42-,43+,44-,45+/m0/s1. The molecule has 2 N–H and O–H groups in total. The van der Waals surface area contributed by atoms with E-state index in [0.717, 1.165) is 17.5 Å². The van der Waals surface area contributed by atoms with E-state index in [4.69, 9.17) is 32.7 Å². The summed E-state index contributed by atoms with van der Waals surface area (Å²) in [5.41, 5.74) is 2.30. The molecule has 0 saturated carbocycles. The van der Waals surface area contributed by atoms with E-state index in [0.29, 0.717) is 56.0 Å². The number of alkyl carbamates (subject to hydrolysis) is 1. The highest BCUT2D eigenvalue weighted by Gasteiger charge is 2.44. The van der Waals surface area contributed by atoms with E-state index in [9.17, 15) is 27.7 Å². The van der Waals surface area contributed by atoms with Crippen LogP contribution in [0.25, 0.3) is 0 Å². The zero-order valence-corrected chi connectivity index (χ0v) is 37.4. The van der Waals surface area contributed by atoms with E-state index >= 15 is 0 Å². The normalized spacial score (nSPS) is 20.0. The molecule has 64 heavy (non-hydrogen) atoms. The first kappa shape index (κ1) is 47.1. The Morgan fingerprint density at radius 1 is 0.875 bits per heavy atom. The third-order valence-electron chi connectivity index (χ3n) is 11.7. The molecule has 3 aliphatic heterocycles. The second-order valence-electron chi connectivity index (χ2n) is 16.1. The van der Waals surface area contributed by atoms with Gasteiger partial charge in [-0.05, 0) is 84.7 Å². The number of likely N-dealkylation sites (tertiary alicyclic amines) is 1. The minimum Gasteiger partial charge on any atom is -0.497 e. The fraction of sp³-hybridized carbons (Fsp3) is 0.435. The molecule has 4 aromatic carbocycles.